The van der Waals surface area contributed by atoms with E-state index in [-0.39, 0.29) is 29.1 Å². The molecule has 7 nitrogen and oxygen atoms in total. The average Bonchev–Trinajstić information content (AvgIpc) is 2.85. The Balaban J connectivity index is 2.03. The highest BCUT2D eigenvalue weighted by Gasteiger charge is 2.32. The van der Waals surface area contributed by atoms with Gasteiger partial charge in [0.25, 0.3) is 10.0 Å². The zero-order valence-corrected chi connectivity index (χ0v) is 23.9. The number of hydrogen-bond donors (Lipinski definition) is 1. The number of nitrogens with one attached hydrogen (secondary N) is 1. The molecule has 0 saturated heterocycles. The van der Waals surface area contributed by atoms with E-state index in [4.69, 9.17) is 11.6 Å². The lowest BCUT2D eigenvalue weighted by Crippen LogP contribution is -2.52. The van der Waals surface area contributed by atoms with Gasteiger partial charge in [0.1, 0.15) is 12.6 Å². The number of anilines is 1. The molecule has 0 aliphatic heterocycles. The van der Waals surface area contributed by atoms with Crippen LogP contribution in [0.3, 0.4) is 0 Å². The third-order valence-electron chi connectivity index (χ3n) is 6.02. The molecular formula is C29H34ClN3O4S. The minimum absolute atomic E-state index is 0.0479. The Morgan fingerprint density at radius 1 is 0.895 bits per heavy atom. The summed E-state index contributed by atoms with van der Waals surface area (Å²) in [6, 6.07) is 19.4. The van der Waals surface area contributed by atoms with Gasteiger partial charge in [-0.15, -0.1) is 0 Å². The maximum atomic E-state index is 13.9. The van der Waals surface area contributed by atoms with Crippen molar-refractivity contribution < 1.29 is 18.0 Å². The molecule has 0 aromatic heterocycles. The van der Waals surface area contributed by atoms with E-state index in [1.54, 1.807) is 37.3 Å². The quantitative estimate of drug-likeness (QED) is 0.377. The number of amides is 2. The van der Waals surface area contributed by atoms with E-state index in [2.05, 4.69) is 5.32 Å². The maximum absolute atomic E-state index is 13.9. The van der Waals surface area contributed by atoms with Gasteiger partial charge in [-0.3, -0.25) is 13.9 Å². The van der Waals surface area contributed by atoms with Crippen LogP contribution in [0, 0.1) is 13.8 Å². The second-order valence-electron chi connectivity index (χ2n) is 9.65. The molecule has 3 aromatic carbocycles. The van der Waals surface area contributed by atoms with Crippen LogP contribution in [0.2, 0.25) is 5.02 Å². The highest BCUT2D eigenvalue weighted by atomic mass is 35.5. The van der Waals surface area contributed by atoms with Crippen molar-refractivity contribution in [3.63, 3.8) is 0 Å². The first kappa shape index (κ1) is 29.2. The minimum atomic E-state index is -4.13. The summed E-state index contributed by atoms with van der Waals surface area (Å²) in [6.45, 7) is 8.76. The van der Waals surface area contributed by atoms with Gasteiger partial charge in [-0.2, -0.15) is 0 Å². The van der Waals surface area contributed by atoms with Gasteiger partial charge >= 0.3 is 0 Å². The van der Waals surface area contributed by atoms with E-state index in [9.17, 15) is 18.0 Å². The summed E-state index contributed by atoms with van der Waals surface area (Å²) in [5.74, 6) is -0.842. The largest absolute Gasteiger partial charge is 0.352 e. The van der Waals surface area contributed by atoms with Crippen LogP contribution in [-0.4, -0.2) is 43.8 Å². The zero-order valence-electron chi connectivity index (χ0n) is 22.3. The maximum Gasteiger partial charge on any atom is 0.264 e. The lowest BCUT2D eigenvalue weighted by Gasteiger charge is -2.32. The molecule has 38 heavy (non-hydrogen) atoms. The molecule has 0 fully saturated rings. The van der Waals surface area contributed by atoms with Gasteiger partial charge in [0.15, 0.2) is 0 Å². The molecule has 0 heterocycles. The van der Waals surface area contributed by atoms with Crippen LogP contribution >= 0.6 is 11.6 Å². The Morgan fingerprint density at radius 3 is 2.16 bits per heavy atom. The zero-order chi connectivity index (χ0) is 28.0. The van der Waals surface area contributed by atoms with Crippen molar-refractivity contribution in [3.8, 4) is 0 Å². The molecule has 202 valence electrons. The van der Waals surface area contributed by atoms with Gasteiger partial charge in [-0.25, -0.2) is 8.42 Å². The summed E-state index contributed by atoms with van der Waals surface area (Å²) in [6.07, 6.45) is 0. The van der Waals surface area contributed by atoms with Crippen LogP contribution in [0.4, 0.5) is 5.69 Å². The normalized spacial score (nSPS) is 12.2. The van der Waals surface area contributed by atoms with Gasteiger partial charge in [-0.05, 0) is 70.5 Å². The SMILES string of the molecule is Cc1ccc(S(=O)(=O)N(CC(=O)N(Cc2cccc(C)c2)[C@H](C)C(=O)NC(C)C)c2cccc(Cl)c2)cc1. The third kappa shape index (κ3) is 7.36. The van der Waals surface area contributed by atoms with Crippen molar-refractivity contribution >= 4 is 39.1 Å². The Kier molecular flexibility index (Phi) is 9.57. The van der Waals surface area contributed by atoms with E-state index in [1.807, 2.05) is 52.0 Å². The lowest BCUT2D eigenvalue weighted by atomic mass is 10.1. The smallest absolute Gasteiger partial charge is 0.264 e. The first-order valence-electron chi connectivity index (χ1n) is 12.4. The summed E-state index contributed by atoms with van der Waals surface area (Å²) in [5.41, 5.74) is 3.00. The Morgan fingerprint density at radius 2 is 1.55 bits per heavy atom. The first-order valence-corrected chi connectivity index (χ1v) is 14.2. The summed E-state index contributed by atoms with van der Waals surface area (Å²) < 4.78 is 28.6. The Hall–Kier alpha value is -3.36. The first-order chi connectivity index (χ1) is 17.9. The van der Waals surface area contributed by atoms with Crippen molar-refractivity contribution in [2.45, 2.75) is 58.1 Å². The number of sulfonamides is 1. The number of carbonyl (C=O) groups excluding carboxylic acids is 2. The number of nitrogens with zero attached hydrogens (tertiary/aromatic N) is 2. The van der Waals surface area contributed by atoms with Gasteiger partial charge in [0.2, 0.25) is 11.8 Å². The molecule has 1 N–H and O–H groups in total. The van der Waals surface area contributed by atoms with Crippen LogP contribution in [0.5, 0.6) is 0 Å². The van der Waals surface area contributed by atoms with Crippen LogP contribution in [0.15, 0.2) is 77.7 Å². The molecule has 0 saturated carbocycles. The fraction of sp³-hybridized carbons (Fsp3) is 0.310. The number of halogens is 1. The molecular weight excluding hydrogens is 522 g/mol. The summed E-state index contributed by atoms with van der Waals surface area (Å²) in [7, 11) is -4.13. The van der Waals surface area contributed by atoms with Crippen molar-refractivity contribution in [2.75, 3.05) is 10.8 Å². The van der Waals surface area contributed by atoms with Crippen LogP contribution in [0.1, 0.15) is 37.5 Å². The van der Waals surface area contributed by atoms with E-state index in [0.29, 0.717) is 5.02 Å². The van der Waals surface area contributed by atoms with E-state index >= 15 is 0 Å². The Labute approximate surface area is 230 Å². The standard InChI is InChI=1S/C29H34ClN3O4S/c1-20(2)31-29(35)23(5)32(18-24-9-6-8-22(4)16-24)28(34)19-33(26-11-7-10-25(30)17-26)38(36,37)27-14-12-21(3)13-15-27/h6-17,20,23H,18-19H2,1-5H3,(H,31,35)/t23-/m1/s1. The number of carbonyl (C=O) groups is 2. The van der Waals surface area contributed by atoms with E-state index in [0.717, 1.165) is 21.0 Å². The third-order valence-corrected chi connectivity index (χ3v) is 8.04. The molecule has 0 spiro atoms. The van der Waals surface area contributed by atoms with Gasteiger partial charge in [0.05, 0.1) is 10.6 Å². The van der Waals surface area contributed by atoms with Gasteiger partial charge in [0, 0.05) is 17.6 Å². The highest BCUT2D eigenvalue weighted by Crippen LogP contribution is 2.27. The number of aryl methyl sites for hydroxylation is 2. The second kappa shape index (κ2) is 12.5. The fourth-order valence-electron chi connectivity index (χ4n) is 3.99. The summed E-state index contributed by atoms with van der Waals surface area (Å²) >= 11 is 6.20. The van der Waals surface area contributed by atoms with Gasteiger partial charge < -0.3 is 10.2 Å². The van der Waals surface area contributed by atoms with Crippen molar-refractivity contribution in [3.05, 3.63) is 94.5 Å². The molecule has 0 aliphatic carbocycles. The van der Waals surface area contributed by atoms with Crippen molar-refractivity contribution in [1.82, 2.24) is 10.2 Å². The van der Waals surface area contributed by atoms with Crippen LogP contribution in [0.25, 0.3) is 0 Å². The predicted octanol–water partition coefficient (Wildman–Crippen LogP) is 5.09. The van der Waals surface area contributed by atoms with Crippen LogP contribution in [-0.2, 0) is 26.2 Å². The Bertz CT molecular complexity index is 1390. The van der Waals surface area contributed by atoms with Gasteiger partial charge in [-0.1, -0.05) is 65.2 Å². The number of rotatable bonds is 10. The topological polar surface area (TPSA) is 86.8 Å². The predicted molar refractivity (Wildman–Crippen MR) is 152 cm³/mol. The minimum Gasteiger partial charge on any atom is -0.352 e. The van der Waals surface area contributed by atoms with E-state index in [1.165, 1.54) is 23.1 Å². The molecule has 9 heteroatoms. The fourth-order valence-corrected chi connectivity index (χ4v) is 5.58. The molecule has 0 bridgehead atoms. The summed E-state index contributed by atoms with van der Waals surface area (Å²) in [4.78, 5) is 28.3. The average molecular weight is 556 g/mol. The monoisotopic (exact) mass is 555 g/mol. The molecule has 0 aliphatic rings. The van der Waals surface area contributed by atoms with Crippen molar-refractivity contribution in [2.24, 2.45) is 0 Å². The molecule has 1 atom stereocenters. The molecule has 3 aromatic rings. The van der Waals surface area contributed by atoms with E-state index < -0.39 is 28.5 Å². The molecule has 0 radical (unpaired) electrons. The lowest BCUT2D eigenvalue weighted by molar-refractivity contribution is -0.139. The molecule has 2 amide bonds. The number of hydrogen-bond acceptors (Lipinski definition) is 4. The molecule has 0 unspecified atom stereocenters. The number of benzene rings is 3. The second-order valence-corrected chi connectivity index (χ2v) is 12.0. The molecule has 3 rings (SSSR count). The van der Waals surface area contributed by atoms with Crippen LogP contribution < -0.4 is 9.62 Å². The highest BCUT2D eigenvalue weighted by molar-refractivity contribution is 7.92. The summed E-state index contributed by atoms with van der Waals surface area (Å²) in [5, 5.41) is 3.18. The van der Waals surface area contributed by atoms with Crippen molar-refractivity contribution in [1.29, 1.82) is 0 Å².